The molecule has 6 nitrogen and oxygen atoms in total. The zero-order chi connectivity index (χ0) is 20.1. The number of rotatable bonds is 7. The Balaban J connectivity index is 1.66. The molecule has 0 aliphatic carbocycles. The molecule has 0 fully saturated rings. The van der Waals surface area contributed by atoms with Gasteiger partial charge in [0, 0.05) is 49.4 Å². The maximum absolute atomic E-state index is 12.2. The summed E-state index contributed by atoms with van der Waals surface area (Å²) in [6.07, 6.45) is 5.01. The van der Waals surface area contributed by atoms with Crippen LogP contribution in [0.3, 0.4) is 0 Å². The zero-order valence-corrected chi connectivity index (χ0v) is 15.8. The first-order valence-electron chi connectivity index (χ1n) is 8.98. The summed E-state index contributed by atoms with van der Waals surface area (Å²) >= 11 is 0. The number of aromatic amines is 1. The Morgan fingerprint density at radius 2 is 1.86 bits per heavy atom. The number of carboxylic acid groups (broad SMARTS) is 1. The number of carbonyl (C=O) groups excluding carboxylic acids is 1. The SMILES string of the molecule is CN(C)c1ccc(/C=C/C(=O)N[C@@H](Cc2c[nH]c3ccccc23)C(=O)O)cc1. The molecule has 1 aromatic heterocycles. The van der Waals surface area contributed by atoms with Crippen LogP contribution >= 0.6 is 0 Å². The van der Waals surface area contributed by atoms with Crippen molar-refractivity contribution in [1.29, 1.82) is 0 Å². The van der Waals surface area contributed by atoms with Crippen LogP contribution in [0.1, 0.15) is 11.1 Å². The van der Waals surface area contributed by atoms with E-state index in [0.29, 0.717) is 0 Å². The largest absolute Gasteiger partial charge is 0.480 e. The predicted octanol–water partition coefficient (Wildman–Crippen LogP) is 3.06. The lowest BCUT2D eigenvalue weighted by atomic mass is 10.0. The van der Waals surface area contributed by atoms with Crippen molar-refractivity contribution in [2.24, 2.45) is 0 Å². The van der Waals surface area contributed by atoms with E-state index >= 15 is 0 Å². The lowest BCUT2D eigenvalue weighted by Crippen LogP contribution is -2.41. The van der Waals surface area contributed by atoms with Crippen LogP contribution in [0, 0.1) is 0 Å². The van der Waals surface area contributed by atoms with Crippen molar-refractivity contribution >= 4 is 34.5 Å². The fourth-order valence-electron chi connectivity index (χ4n) is 3.00. The molecule has 28 heavy (non-hydrogen) atoms. The first-order valence-corrected chi connectivity index (χ1v) is 8.98. The van der Waals surface area contributed by atoms with Crippen LogP contribution in [-0.4, -0.2) is 42.1 Å². The summed E-state index contributed by atoms with van der Waals surface area (Å²) in [4.78, 5) is 29.0. The second kappa shape index (κ2) is 8.43. The van der Waals surface area contributed by atoms with E-state index < -0.39 is 17.9 Å². The first kappa shape index (κ1) is 19.2. The highest BCUT2D eigenvalue weighted by Gasteiger charge is 2.21. The van der Waals surface area contributed by atoms with E-state index in [1.165, 1.54) is 6.08 Å². The van der Waals surface area contributed by atoms with Crippen molar-refractivity contribution in [1.82, 2.24) is 10.3 Å². The molecular weight excluding hydrogens is 354 g/mol. The third kappa shape index (κ3) is 4.59. The summed E-state index contributed by atoms with van der Waals surface area (Å²) in [6.45, 7) is 0. The normalized spacial score (nSPS) is 12.2. The molecular formula is C22H23N3O3. The molecule has 3 N–H and O–H groups in total. The van der Waals surface area contributed by atoms with E-state index in [1.807, 2.05) is 67.5 Å². The summed E-state index contributed by atoms with van der Waals surface area (Å²) in [7, 11) is 3.91. The van der Waals surface area contributed by atoms with E-state index in [4.69, 9.17) is 0 Å². The monoisotopic (exact) mass is 377 g/mol. The minimum Gasteiger partial charge on any atom is -0.480 e. The highest BCUT2D eigenvalue weighted by atomic mass is 16.4. The van der Waals surface area contributed by atoms with Crippen molar-refractivity contribution in [2.75, 3.05) is 19.0 Å². The van der Waals surface area contributed by atoms with Crippen molar-refractivity contribution in [3.8, 4) is 0 Å². The number of aliphatic carboxylic acids is 1. The Bertz CT molecular complexity index is 1000. The number of H-pyrrole nitrogens is 1. The van der Waals surface area contributed by atoms with Gasteiger partial charge in [0.25, 0.3) is 0 Å². The molecule has 1 atom stereocenters. The van der Waals surface area contributed by atoms with Gasteiger partial charge in [0.1, 0.15) is 6.04 Å². The number of nitrogens with one attached hydrogen (secondary N) is 2. The number of amides is 1. The zero-order valence-electron chi connectivity index (χ0n) is 15.8. The van der Waals surface area contributed by atoms with Gasteiger partial charge in [-0.1, -0.05) is 30.3 Å². The van der Waals surface area contributed by atoms with E-state index in [2.05, 4.69) is 10.3 Å². The lowest BCUT2D eigenvalue weighted by Gasteiger charge is -2.13. The van der Waals surface area contributed by atoms with Crippen molar-refractivity contribution in [3.63, 3.8) is 0 Å². The summed E-state index contributed by atoms with van der Waals surface area (Å²) in [5, 5.41) is 13.0. The van der Waals surface area contributed by atoms with Crippen LogP contribution in [0.4, 0.5) is 5.69 Å². The predicted molar refractivity (Wildman–Crippen MR) is 111 cm³/mol. The molecule has 0 unspecified atom stereocenters. The van der Waals surface area contributed by atoms with Crippen LogP contribution in [0.15, 0.2) is 60.8 Å². The van der Waals surface area contributed by atoms with Crippen molar-refractivity contribution in [2.45, 2.75) is 12.5 Å². The molecule has 3 aromatic rings. The minimum absolute atomic E-state index is 0.205. The molecule has 144 valence electrons. The summed E-state index contributed by atoms with van der Waals surface area (Å²) in [5.74, 6) is -1.51. The van der Waals surface area contributed by atoms with Gasteiger partial charge in [-0.05, 0) is 35.4 Å². The number of anilines is 1. The fourth-order valence-corrected chi connectivity index (χ4v) is 3.00. The van der Waals surface area contributed by atoms with Crippen LogP contribution < -0.4 is 10.2 Å². The Morgan fingerprint density at radius 3 is 2.54 bits per heavy atom. The van der Waals surface area contributed by atoms with Crippen LogP contribution in [0.5, 0.6) is 0 Å². The first-order chi connectivity index (χ1) is 13.4. The summed E-state index contributed by atoms with van der Waals surface area (Å²) in [5.41, 5.74) is 3.72. The topological polar surface area (TPSA) is 85.4 Å². The second-order valence-electron chi connectivity index (χ2n) is 6.78. The molecule has 6 heteroatoms. The van der Waals surface area contributed by atoms with Crippen LogP contribution in [-0.2, 0) is 16.0 Å². The van der Waals surface area contributed by atoms with Crippen molar-refractivity contribution < 1.29 is 14.7 Å². The summed E-state index contributed by atoms with van der Waals surface area (Å²) in [6, 6.07) is 14.4. The van der Waals surface area contributed by atoms with Crippen molar-refractivity contribution in [3.05, 3.63) is 71.9 Å². The average Bonchev–Trinajstić information content (AvgIpc) is 3.09. The molecule has 0 bridgehead atoms. The number of carboxylic acids is 1. The fraction of sp³-hybridized carbons (Fsp3) is 0.182. The average molecular weight is 377 g/mol. The molecule has 1 amide bonds. The highest BCUT2D eigenvalue weighted by Crippen LogP contribution is 2.19. The number of benzene rings is 2. The van der Waals surface area contributed by atoms with Gasteiger partial charge in [-0.15, -0.1) is 0 Å². The maximum Gasteiger partial charge on any atom is 0.326 e. The third-order valence-electron chi connectivity index (χ3n) is 4.55. The minimum atomic E-state index is -1.07. The number of nitrogens with zero attached hydrogens (tertiary/aromatic N) is 1. The number of fused-ring (bicyclic) bond motifs is 1. The lowest BCUT2D eigenvalue weighted by molar-refractivity contribution is -0.141. The van der Waals surface area contributed by atoms with E-state index in [9.17, 15) is 14.7 Å². The van der Waals surface area contributed by atoms with Gasteiger partial charge in [0.2, 0.25) is 5.91 Å². The van der Waals surface area contributed by atoms with Gasteiger partial charge in [0.15, 0.2) is 0 Å². The molecule has 0 spiro atoms. The quantitative estimate of drug-likeness (QED) is 0.553. The molecule has 2 aromatic carbocycles. The van der Waals surface area contributed by atoms with Gasteiger partial charge >= 0.3 is 5.97 Å². The Kier molecular flexibility index (Phi) is 5.79. The van der Waals surface area contributed by atoms with Crippen LogP contribution in [0.2, 0.25) is 0 Å². The molecule has 0 saturated heterocycles. The number of aromatic nitrogens is 1. The van der Waals surface area contributed by atoms with Gasteiger partial charge in [-0.3, -0.25) is 4.79 Å². The smallest absolute Gasteiger partial charge is 0.326 e. The molecule has 1 heterocycles. The van der Waals surface area contributed by atoms with E-state index in [0.717, 1.165) is 27.7 Å². The number of hydrogen-bond donors (Lipinski definition) is 3. The molecule has 0 aliphatic rings. The number of carbonyl (C=O) groups is 2. The summed E-state index contributed by atoms with van der Waals surface area (Å²) < 4.78 is 0. The molecule has 0 saturated carbocycles. The highest BCUT2D eigenvalue weighted by molar-refractivity contribution is 5.94. The van der Waals surface area contributed by atoms with E-state index in [1.54, 1.807) is 12.3 Å². The Hall–Kier alpha value is -3.54. The molecule has 3 rings (SSSR count). The van der Waals surface area contributed by atoms with Gasteiger partial charge in [-0.25, -0.2) is 4.79 Å². The second-order valence-corrected chi connectivity index (χ2v) is 6.78. The molecule has 0 radical (unpaired) electrons. The third-order valence-corrected chi connectivity index (χ3v) is 4.55. The Morgan fingerprint density at radius 1 is 1.14 bits per heavy atom. The number of hydrogen-bond acceptors (Lipinski definition) is 3. The van der Waals surface area contributed by atoms with Crippen LogP contribution in [0.25, 0.3) is 17.0 Å². The van der Waals surface area contributed by atoms with E-state index in [-0.39, 0.29) is 6.42 Å². The van der Waals surface area contributed by atoms with Gasteiger partial charge in [0.05, 0.1) is 0 Å². The number of para-hydroxylation sites is 1. The van der Waals surface area contributed by atoms with Gasteiger partial charge < -0.3 is 20.3 Å². The Labute approximate surface area is 163 Å². The van der Waals surface area contributed by atoms with Gasteiger partial charge in [-0.2, -0.15) is 0 Å². The maximum atomic E-state index is 12.2. The molecule has 0 aliphatic heterocycles. The standard InChI is InChI=1S/C22H23N3O3/c1-25(2)17-10-7-15(8-11-17)9-12-21(26)24-20(22(27)28)13-16-14-23-19-6-4-3-5-18(16)19/h3-12,14,20,23H,13H2,1-2H3,(H,24,26)(H,27,28)/b12-9+/t20-/m0/s1.